The number of nitrogens with one attached hydrogen (secondary N) is 2. The number of nitrogens with zero attached hydrogens (tertiary/aromatic N) is 1. The molecule has 1 aliphatic rings. The predicted octanol–water partition coefficient (Wildman–Crippen LogP) is 8.68. The number of methoxy groups -OCH3 is 1. The lowest BCUT2D eigenvalue weighted by Gasteiger charge is -2.31. The van der Waals surface area contributed by atoms with Crippen LogP contribution in [0.5, 0.6) is 11.5 Å². The third kappa shape index (κ3) is 9.12. The van der Waals surface area contributed by atoms with Crippen LogP contribution in [0, 0.1) is 6.92 Å². The first-order valence-electron chi connectivity index (χ1n) is 16.3. The van der Waals surface area contributed by atoms with Crippen molar-refractivity contribution in [3.63, 3.8) is 0 Å². The van der Waals surface area contributed by atoms with Crippen molar-refractivity contribution in [1.82, 2.24) is 15.8 Å². The van der Waals surface area contributed by atoms with Gasteiger partial charge in [-0.15, -0.1) is 0 Å². The standard InChI is InChI=1S/C37H42BrCl2N3O5/c1-23-19-32(39)37(33(40)20-23)47-18-17-46-27-12-10-25(11-13-27)29-14-15-41-22-31(29)35-34(38)36(48-43-35)30-9-5-4-8-28(30)26(7-6-16-45-3)21-42-24(2)44/h4-5,8-13,19-20,26,29,31,41H,6-7,14-18,21-22H2,1-3H3,(H,42,44)/t26?,29-,31+/m1/s1. The van der Waals surface area contributed by atoms with Crippen molar-refractivity contribution in [3.8, 4) is 22.8 Å². The van der Waals surface area contributed by atoms with Gasteiger partial charge in [0.25, 0.3) is 0 Å². The van der Waals surface area contributed by atoms with Gasteiger partial charge in [-0.1, -0.05) is 64.8 Å². The molecule has 2 heterocycles. The van der Waals surface area contributed by atoms with Gasteiger partial charge in [0.05, 0.1) is 14.5 Å². The third-order valence-electron chi connectivity index (χ3n) is 8.69. The molecule has 4 aromatic rings. The third-order valence-corrected chi connectivity index (χ3v) is 10.0. The van der Waals surface area contributed by atoms with Gasteiger partial charge in [-0.05, 0) is 95.5 Å². The Morgan fingerprint density at radius 3 is 2.52 bits per heavy atom. The predicted molar refractivity (Wildman–Crippen MR) is 194 cm³/mol. The minimum atomic E-state index is -0.0503. The zero-order valence-corrected chi connectivity index (χ0v) is 30.6. The van der Waals surface area contributed by atoms with Crippen LogP contribution < -0.4 is 20.1 Å². The zero-order valence-electron chi connectivity index (χ0n) is 27.5. The molecular weight excluding hydrogens is 717 g/mol. The van der Waals surface area contributed by atoms with E-state index in [2.05, 4.69) is 56.0 Å². The minimum absolute atomic E-state index is 0.0503. The molecule has 0 spiro atoms. The molecule has 5 rings (SSSR count). The molecule has 3 aromatic carbocycles. The highest BCUT2D eigenvalue weighted by molar-refractivity contribution is 9.10. The summed E-state index contributed by atoms with van der Waals surface area (Å²) in [4.78, 5) is 11.8. The molecule has 3 atom stereocenters. The summed E-state index contributed by atoms with van der Waals surface area (Å²) in [6, 6.07) is 20.1. The van der Waals surface area contributed by atoms with Gasteiger partial charge in [-0.25, -0.2) is 0 Å². The molecule has 0 radical (unpaired) electrons. The van der Waals surface area contributed by atoms with Crippen molar-refractivity contribution in [2.45, 2.75) is 50.9 Å². The second-order valence-electron chi connectivity index (χ2n) is 12.1. The summed E-state index contributed by atoms with van der Waals surface area (Å²) < 4.78 is 24.0. The Balaban J connectivity index is 1.29. The fourth-order valence-electron chi connectivity index (χ4n) is 6.34. The van der Waals surface area contributed by atoms with Crippen LogP contribution in [0.3, 0.4) is 0 Å². The van der Waals surface area contributed by atoms with Gasteiger partial charge in [0.2, 0.25) is 5.91 Å². The van der Waals surface area contributed by atoms with E-state index in [1.165, 1.54) is 5.56 Å². The number of piperidine rings is 1. The summed E-state index contributed by atoms with van der Waals surface area (Å²) in [5, 5.41) is 12.2. The first-order valence-corrected chi connectivity index (χ1v) is 17.8. The Kier molecular flexibility index (Phi) is 13.2. The fraction of sp³-hybridized carbons (Fsp3) is 0.405. The Hall–Kier alpha value is -3.08. The number of rotatable bonds is 15. The largest absolute Gasteiger partial charge is 0.490 e. The number of benzene rings is 3. The summed E-state index contributed by atoms with van der Waals surface area (Å²) in [5.74, 6) is 2.30. The Labute approximate surface area is 300 Å². The number of ether oxygens (including phenoxy) is 3. The normalized spacial score (nSPS) is 16.8. The van der Waals surface area contributed by atoms with Gasteiger partial charge < -0.3 is 29.4 Å². The van der Waals surface area contributed by atoms with E-state index in [-0.39, 0.29) is 23.7 Å². The number of hydrogen-bond acceptors (Lipinski definition) is 7. The topological polar surface area (TPSA) is 94.9 Å². The molecule has 1 unspecified atom stereocenters. The second kappa shape index (κ2) is 17.5. The number of hydrogen-bond donors (Lipinski definition) is 2. The summed E-state index contributed by atoms with van der Waals surface area (Å²) in [6.07, 6.45) is 2.70. The van der Waals surface area contributed by atoms with Gasteiger partial charge in [0.15, 0.2) is 11.5 Å². The molecule has 1 fully saturated rings. The van der Waals surface area contributed by atoms with Crippen LogP contribution in [0.25, 0.3) is 11.3 Å². The van der Waals surface area contributed by atoms with Gasteiger partial charge in [-0.3, -0.25) is 4.79 Å². The first kappa shape index (κ1) is 36.2. The molecule has 0 aliphatic carbocycles. The highest BCUT2D eigenvalue weighted by atomic mass is 79.9. The molecule has 0 saturated carbocycles. The summed E-state index contributed by atoms with van der Waals surface area (Å²) in [5.41, 5.74) is 5.15. The van der Waals surface area contributed by atoms with E-state index in [0.29, 0.717) is 47.9 Å². The molecule has 256 valence electrons. The van der Waals surface area contributed by atoms with Crippen LogP contribution >= 0.6 is 39.1 Å². The lowest BCUT2D eigenvalue weighted by atomic mass is 9.79. The molecule has 1 saturated heterocycles. The Bertz CT molecular complexity index is 1640. The van der Waals surface area contributed by atoms with Crippen LogP contribution in [0.15, 0.2) is 69.7 Å². The van der Waals surface area contributed by atoms with E-state index in [0.717, 1.165) is 65.0 Å². The second-order valence-corrected chi connectivity index (χ2v) is 13.7. The van der Waals surface area contributed by atoms with E-state index in [1.54, 1.807) is 14.0 Å². The smallest absolute Gasteiger partial charge is 0.216 e. The van der Waals surface area contributed by atoms with Crippen molar-refractivity contribution >= 4 is 45.0 Å². The van der Waals surface area contributed by atoms with Crippen LogP contribution in [0.1, 0.15) is 66.3 Å². The number of aromatic nitrogens is 1. The van der Waals surface area contributed by atoms with E-state index >= 15 is 0 Å². The van der Waals surface area contributed by atoms with Gasteiger partial charge in [0.1, 0.15) is 24.7 Å². The highest BCUT2D eigenvalue weighted by Gasteiger charge is 2.33. The van der Waals surface area contributed by atoms with Gasteiger partial charge >= 0.3 is 0 Å². The van der Waals surface area contributed by atoms with E-state index in [1.807, 2.05) is 43.3 Å². The Morgan fingerprint density at radius 2 is 1.79 bits per heavy atom. The van der Waals surface area contributed by atoms with Crippen LogP contribution in [-0.2, 0) is 9.53 Å². The number of amides is 1. The average Bonchev–Trinajstić information content (AvgIpc) is 3.46. The SMILES string of the molecule is COCCCC(CNC(C)=O)c1ccccc1-c1onc([C@H]2CNCC[C@@H]2c2ccc(OCCOc3c(Cl)cc(C)cc3Cl)cc2)c1Br. The molecule has 48 heavy (non-hydrogen) atoms. The maximum atomic E-state index is 11.8. The number of aryl methyl sites for hydroxylation is 1. The van der Waals surface area contributed by atoms with Crippen molar-refractivity contribution < 1.29 is 23.5 Å². The fourth-order valence-corrected chi connectivity index (χ4v) is 7.70. The summed E-state index contributed by atoms with van der Waals surface area (Å²) >= 11 is 16.5. The molecule has 1 amide bonds. The number of halogens is 3. The quantitative estimate of drug-likeness (QED) is 0.117. The van der Waals surface area contributed by atoms with E-state index in [4.69, 9.17) is 41.9 Å². The van der Waals surface area contributed by atoms with Crippen molar-refractivity contribution in [1.29, 1.82) is 0 Å². The molecular formula is C37H42BrCl2N3O5. The number of carbonyl (C=O) groups excluding carboxylic acids is 1. The molecule has 1 aliphatic heterocycles. The van der Waals surface area contributed by atoms with Crippen LogP contribution in [-0.4, -0.2) is 57.6 Å². The highest BCUT2D eigenvalue weighted by Crippen LogP contribution is 2.44. The van der Waals surface area contributed by atoms with E-state index in [9.17, 15) is 4.79 Å². The van der Waals surface area contributed by atoms with Gasteiger partial charge in [-0.2, -0.15) is 0 Å². The molecule has 8 nitrogen and oxygen atoms in total. The minimum Gasteiger partial charge on any atom is -0.490 e. The average molecular weight is 760 g/mol. The monoisotopic (exact) mass is 757 g/mol. The van der Waals surface area contributed by atoms with Crippen LogP contribution in [0.4, 0.5) is 0 Å². The maximum Gasteiger partial charge on any atom is 0.216 e. The lowest BCUT2D eigenvalue weighted by molar-refractivity contribution is -0.119. The zero-order chi connectivity index (χ0) is 34.0. The summed E-state index contributed by atoms with van der Waals surface area (Å²) in [7, 11) is 1.71. The maximum absolute atomic E-state index is 11.8. The van der Waals surface area contributed by atoms with Crippen molar-refractivity contribution in [3.05, 3.63) is 97.6 Å². The summed E-state index contributed by atoms with van der Waals surface area (Å²) in [6.45, 7) is 7.02. The molecule has 11 heteroatoms. The molecule has 0 bridgehead atoms. The van der Waals surface area contributed by atoms with Crippen molar-refractivity contribution in [2.75, 3.05) is 46.6 Å². The van der Waals surface area contributed by atoms with Crippen LogP contribution in [0.2, 0.25) is 10.0 Å². The first-order chi connectivity index (χ1) is 23.3. The van der Waals surface area contributed by atoms with Gasteiger partial charge in [0, 0.05) is 51.1 Å². The number of carbonyl (C=O) groups is 1. The molecule has 2 N–H and O–H groups in total. The van der Waals surface area contributed by atoms with E-state index < -0.39 is 0 Å². The molecule has 1 aromatic heterocycles. The Morgan fingerprint density at radius 1 is 1.06 bits per heavy atom. The lowest BCUT2D eigenvalue weighted by Crippen LogP contribution is -2.34. The van der Waals surface area contributed by atoms with Crippen molar-refractivity contribution in [2.24, 2.45) is 0 Å².